The molecule has 1 heterocycles. The molecule has 1 fully saturated rings. The first-order valence-electron chi connectivity index (χ1n) is 11.3. The molecule has 3 aromatic carbocycles. The summed E-state index contributed by atoms with van der Waals surface area (Å²) in [4.78, 5) is 14.2. The van der Waals surface area contributed by atoms with Crippen LogP contribution < -0.4 is 4.90 Å². The van der Waals surface area contributed by atoms with Crippen molar-refractivity contribution in [3.63, 3.8) is 0 Å². The van der Waals surface area contributed by atoms with Crippen molar-refractivity contribution in [2.45, 2.75) is 31.8 Å². The van der Waals surface area contributed by atoms with E-state index in [-0.39, 0.29) is 11.6 Å². The van der Waals surface area contributed by atoms with Crippen LogP contribution in [0.3, 0.4) is 0 Å². The van der Waals surface area contributed by atoms with Crippen molar-refractivity contribution in [2.24, 2.45) is 0 Å². The van der Waals surface area contributed by atoms with Crippen LogP contribution in [-0.2, 0) is 15.9 Å². The molecular formula is C28H31NO3. The van der Waals surface area contributed by atoms with E-state index >= 15 is 0 Å². The Balaban J connectivity index is 1.38. The molecule has 0 atom stereocenters. The van der Waals surface area contributed by atoms with E-state index in [4.69, 9.17) is 9.47 Å². The van der Waals surface area contributed by atoms with Gasteiger partial charge in [0.15, 0.2) is 0 Å². The number of rotatable bonds is 7. The molecule has 0 amide bonds. The zero-order valence-electron chi connectivity index (χ0n) is 18.9. The fraction of sp³-hybridized carbons (Fsp3) is 0.321. The Morgan fingerprint density at radius 2 is 1.50 bits per heavy atom. The van der Waals surface area contributed by atoms with E-state index in [1.807, 2.05) is 44.4 Å². The Kier molecular flexibility index (Phi) is 6.91. The first-order valence-corrected chi connectivity index (χ1v) is 11.3. The molecular weight excluding hydrogens is 398 g/mol. The second-order valence-corrected chi connectivity index (χ2v) is 8.38. The second kappa shape index (κ2) is 10.0. The lowest BCUT2D eigenvalue weighted by Crippen LogP contribution is -2.47. The Labute approximate surface area is 190 Å². The maximum absolute atomic E-state index is 11.9. The highest BCUT2D eigenvalue weighted by molar-refractivity contribution is 5.89. The molecule has 4 nitrogen and oxygen atoms in total. The van der Waals surface area contributed by atoms with Gasteiger partial charge in [0.2, 0.25) is 0 Å². The number of anilines is 1. The van der Waals surface area contributed by atoms with Gasteiger partial charge in [0.1, 0.15) is 0 Å². The lowest BCUT2D eigenvalue weighted by atomic mass is 9.84. The van der Waals surface area contributed by atoms with E-state index in [9.17, 15) is 4.79 Å². The summed E-state index contributed by atoms with van der Waals surface area (Å²) in [5, 5.41) is 0. The van der Waals surface area contributed by atoms with E-state index < -0.39 is 0 Å². The molecule has 0 N–H and O–H groups in total. The van der Waals surface area contributed by atoms with Crippen molar-refractivity contribution in [2.75, 3.05) is 31.7 Å². The van der Waals surface area contributed by atoms with E-state index in [0.29, 0.717) is 12.2 Å². The molecule has 0 radical (unpaired) electrons. The lowest BCUT2D eigenvalue weighted by Gasteiger charge is -2.42. The summed E-state index contributed by atoms with van der Waals surface area (Å²) < 4.78 is 11.1. The summed E-state index contributed by atoms with van der Waals surface area (Å²) in [6.45, 7) is 4.06. The Hall–Kier alpha value is -3.11. The Morgan fingerprint density at radius 1 is 0.875 bits per heavy atom. The largest absolute Gasteiger partial charge is 0.462 e. The minimum Gasteiger partial charge on any atom is -0.462 e. The zero-order valence-corrected chi connectivity index (χ0v) is 18.9. The Morgan fingerprint density at radius 3 is 2.09 bits per heavy atom. The van der Waals surface area contributed by atoms with Gasteiger partial charge in [-0.25, -0.2) is 4.79 Å². The molecule has 1 saturated heterocycles. The molecule has 0 spiro atoms. The molecule has 166 valence electrons. The monoisotopic (exact) mass is 429 g/mol. The molecule has 0 saturated carbocycles. The quantitative estimate of drug-likeness (QED) is 0.448. The molecule has 4 heteroatoms. The van der Waals surface area contributed by atoms with Gasteiger partial charge in [0, 0.05) is 32.3 Å². The smallest absolute Gasteiger partial charge is 0.338 e. The number of carbonyl (C=O) groups excluding carboxylic acids is 1. The van der Waals surface area contributed by atoms with Gasteiger partial charge in [0.05, 0.1) is 17.8 Å². The highest BCUT2D eigenvalue weighted by Gasteiger charge is 2.34. The predicted octanol–water partition coefficient (Wildman–Crippen LogP) is 5.76. The van der Waals surface area contributed by atoms with E-state index in [0.717, 1.165) is 38.0 Å². The van der Waals surface area contributed by atoms with Crippen LogP contribution in [0, 0.1) is 0 Å². The molecule has 3 aromatic rings. The Bertz CT molecular complexity index is 1000. The molecule has 0 bridgehead atoms. The number of benzene rings is 3. The van der Waals surface area contributed by atoms with Gasteiger partial charge in [-0.05, 0) is 60.7 Å². The number of carbonyl (C=O) groups is 1. The molecule has 0 aromatic heterocycles. The third kappa shape index (κ3) is 5.03. The minimum absolute atomic E-state index is 0.143. The maximum atomic E-state index is 11.9. The van der Waals surface area contributed by atoms with Gasteiger partial charge in [0.25, 0.3) is 0 Å². The van der Waals surface area contributed by atoms with Crippen molar-refractivity contribution < 1.29 is 14.3 Å². The maximum Gasteiger partial charge on any atom is 0.338 e. The topological polar surface area (TPSA) is 38.8 Å². The standard InChI is InChI=1S/C28H31NO3/c1-3-32-27(30)25-13-15-26(16-14-25)29-19-17-28(31-2,18-20-29)21-22-9-11-24(12-10-22)23-7-5-4-6-8-23/h4-16H,3,17-21H2,1-2H3. The molecule has 32 heavy (non-hydrogen) atoms. The fourth-order valence-electron chi connectivity index (χ4n) is 4.47. The summed E-state index contributed by atoms with van der Waals surface area (Å²) in [5.74, 6) is -0.269. The average molecular weight is 430 g/mol. The van der Waals surface area contributed by atoms with Crippen LogP contribution in [0.1, 0.15) is 35.7 Å². The van der Waals surface area contributed by atoms with E-state index in [1.165, 1.54) is 16.7 Å². The van der Waals surface area contributed by atoms with Crippen LogP contribution in [0.15, 0.2) is 78.9 Å². The number of esters is 1. The number of hydrogen-bond donors (Lipinski definition) is 0. The van der Waals surface area contributed by atoms with Crippen LogP contribution in [-0.4, -0.2) is 38.4 Å². The molecule has 1 aliphatic rings. The van der Waals surface area contributed by atoms with Crippen molar-refractivity contribution in [1.29, 1.82) is 0 Å². The van der Waals surface area contributed by atoms with Gasteiger partial charge in [-0.2, -0.15) is 0 Å². The number of hydrogen-bond acceptors (Lipinski definition) is 4. The number of ether oxygens (including phenoxy) is 2. The van der Waals surface area contributed by atoms with E-state index in [1.54, 1.807) is 0 Å². The predicted molar refractivity (Wildman–Crippen MR) is 129 cm³/mol. The molecule has 4 rings (SSSR count). The summed E-state index contributed by atoms with van der Waals surface area (Å²) >= 11 is 0. The fourth-order valence-corrected chi connectivity index (χ4v) is 4.47. The van der Waals surface area contributed by atoms with Gasteiger partial charge in [-0.3, -0.25) is 0 Å². The zero-order chi connectivity index (χ0) is 22.4. The van der Waals surface area contributed by atoms with Gasteiger partial charge < -0.3 is 14.4 Å². The summed E-state index contributed by atoms with van der Waals surface area (Å²) in [5.41, 5.74) is 5.37. The van der Waals surface area contributed by atoms with Crippen molar-refractivity contribution in [3.05, 3.63) is 90.0 Å². The SMILES string of the molecule is CCOC(=O)c1ccc(N2CCC(Cc3ccc(-c4ccccc4)cc3)(OC)CC2)cc1. The van der Waals surface area contributed by atoms with Crippen LogP contribution in [0.4, 0.5) is 5.69 Å². The van der Waals surface area contributed by atoms with Crippen LogP contribution in [0.5, 0.6) is 0 Å². The first-order chi connectivity index (χ1) is 15.6. The number of nitrogens with zero attached hydrogens (tertiary/aromatic N) is 1. The highest BCUT2D eigenvalue weighted by atomic mass is 16.5. The molecule has 1 aliphatic heterocycles. The van der Waals surface area contributed by atoms with Crippen LogP contribution in [0.2, 0.25) is 0 Å². The number of methoxy groups -OCH3 is 1. The van der Waals surface area contributed by atoms with Crippen molar-refractivity contribution in [1.82, 2.24) is 0 Å². The third-order valence-electron chi connectivity index (χ3n) is 6.44. The van der Waals surface area contributed by atoms with Gasteiger partial charge >= 0.3 is 5.97 Å². The second-order valence-electron chi connectivity index (χ2n) is 8.38. The third-order valence-corrected chi connectivity index (χ3v) is 6.44. The molecule has 0 aliphatic carbocycles. The van der Waals surface area contributed by atoms with Gasteiger partial charge in [-0.15, -0.1) is 0 Å². The average Bonchev–Trinajstić information content (AvgIpc) is 2.86. The van der Waals surface area contributed by atoms with Crippen molar-refractivity contribution in [3.8, 4) is 11.1 Å². The molecule has 0 unspecified atom stereocenters. The lowest BCUT2D eigenvalue weighted by molar-refractivity contribution is -0.0289. The van der Waals surface area contributed by atoms with Crippen molar-refractivity contribution >= 4 is 11.7 Å². The number of piperidine rings is 1. The van der Waals surface area contributed by atoms with E-state index in [2.05, 4.69) is 53.4 Å². The van der Waals surface area contributed by atoms with Crippen LogP contribution in [0.25, 0.3) is 11.1 Å². The highest BCUT2D eigenvalue weighted by Crippen LogP contribution is 2.32. The summed E-state index contributed by atoms with van der Waals surface area (Å²) in [6.07, 6.45) is 2.83. The minimum atomic E-state index is -0.269. The first kappa shape index (κ1) is 22.1. The summed E-state index contributed by atoms with van der Waals surface area (Å²) in [6, 6.07) is 27.0. The normalized spacial score (nSPS) is 15.4. The summed E-state index contributed by atoms with van der Waals surface area (Å²) in [7, 11) is 1.84. The van der Waals surface area contributed by atoms with Crippen LogP contribution >= 0.6 is 0 Å². The van der Waals surface area contributed by atoms with Gasteiger partial charge in [-0.1, -0.05) is 54.6 Å².